The zero-order valence-corrected chi connectivity index (χ0v) is 14.0. The van der Waals surface area contributed by atoms with Crippen LogP contribution in [-0.2, 0) is 19.2 Å². The van der Waals surface area contributed by atoms with Crippen LogP contribution in [0.5, 0.6) is 0 Å². The molecule has 0 bridgehead atoms. The number of carboxylic acids is 2. The second-order valence-corrected chi connectivity index (χ2v) is 5.66. The van der Waals surface area contributed by atoms with Gasteiger partial charge in [-0.25, -0.2) is 0 Å². The molecule has 0 saturated heterocycles. The van der Waals surface area contributed by atoms with E-state index in [0.717, 1.165) is 6.42 Å². The van der Waals surface area contributed by atoms with Crippen LogP contribution >= 0.6 is 0 Å². The van der Waals surface area contributed by atoms with Crippen LogP contribution in [0.1, 0.15) is 39.5 Å². The molecular formula is C15H26N2O7. The topological polar surface area (TPSA) is 144 Å². The van der Waals surface area contributed by atoms with Crippen molar-refractivity contribution in [3.05, 3.63) is 0 Å². The van der Waals surface area contributed by atoms with Crippen molar-refractivity contribution in [2.75, 3.05) is 19.6 Å². The summed E-state index contributed by atoms with van der Waals surface area (Å²) < 4.78 is 0. The van der Waals surface area contributed by atoms with E-state index < -0.39 is 43.0 Å². The number of aliphatic hydroxyl groups is 1. The Balaban J connectivity index is 4.30. The summed E-state index contributed by atoms with van der Waals surface area (Å²) in [5.41, 5.74) is 0. The van der Waals surface area contributed by atoms with Gasteiger partial charge in [0.2, 0.25) is 11.8 Å². The van der Waals surface area contributed by atoms with E-state index in [1.165, 1.54) is 0 Å². The van der Waals surface area contributed by atoms with Gasteiger partial charge in [0, 0.05) is 18.9 Å². The van der Waals surface area contributed by atoms with Crippen LogP contribution in [0.3, 0.4) is 0 Å². The first-order valence-electron chi connectivity index (χ1n) is 7.84. The van der Waals surface area contributed by atoms with Crippen molar-refractivity contribution in [1.29, 1.82) is 0 Å². The molecular weight excluding hydrogens is 320 g/mol. The molecule has 0 aromatic carbocycles. The van der Waals surface area contributed by atoms with Crippen molar-refractivity contribution in [1.82, 2.24) is 10.2 Å². The molecule has 0 heterocycles. The Kier molecular flexibility index (Phi) is 10.4. The third-order valence-corrected chi connectivity index (χ3v) is 3.34. The quantitative estimate of drug-likeness (QED) is 0.379. The van der Waals surface area contributed by atoms with Crippen LogP contribution in [0.25, 0.3) is 0 Å². The highest BCUT2D eigenvalue weighted by Crippen LogP contribution is 2.10. The van der Waals surface area contributed by atoms with Crippen LogP contribution in [0.2, 0.25) is 0 Å². The van der Waals surface area contributed by atoms with Gasteiger partial charge in [0.1, 0.15) is 13.1 Å². The highest BCUT2D eigenvalue weighted by atomic mass is 16.4. The highest BCUT2D eigenvalue weighted by Gasteiger charge is 2.20. The van der Waals surface area contributed by atoms with E-state index >= 15 is 0 Å². The lowest BCUT2D eigenvalue weighted by atomic mass is 10.00. The van der Waals surface area contributed by atoms with Crippen LogP contribution in [0, 0.1) is 5.92 Å². The third kappa shape index (κ3) is 9.78. The summed E-state index contributed by atoms with van der Waals surface area (Å²) in [7, 11) is 0. The van der Waals surface area contributed by atoms with Crippen molar-refractivity contribution >= 4 is 23.8 Å². The molecule has 0 saturated carbocycles. The Labute approximate surface area is 140 Å². The second-order valence-electron chi connectivity index (χ2n) is 5.66. The largest absolute Gasteiger partial charge is 0.480 e. The average molecular weight is 346 g/mol. The zero-order chi connectivity index (χ0) is 18.7. The van der Waals surface area contributed by atoms with E-state index in [1.807, 2.05) is 6.92 Å². The Hall–Kier alpha value is -2.16. The predicted octanol–water partition coefficient (Wildman–Crippen LogP) is -0.322. The molecule has 0 aliphatic rings. The Morgan fingerprint density at radius 3 is 2.08 bits per heavy atom. The first-order chi connectivity index (χ1) is 11.2. The van der Waals surface area contributed by atoms with Gasteiger partial charge in [-0.1, -0.05) is 20.3 Å². The fraction of sp³-hybridized carbons (Fsp3) is 0.733. The van der Waals surface area contributed by atoms with Gasteiger partial charge < -0.3 is 25.5 Å². The lowest BCUT2D eigenvalue weighted by Gasteiger charge is -2.19. The number of aliphatic hydroxyl groups excluding tert-OH is 1. The number of carbonyl (C=O) groups excluding carboxylic acids is 2. The lowest BCUT2D eigenvalue weighted by molar-refractivity contribution is -0.149. The molecule has 2 atom stereocenters. The van der Waals surface area contributed by atoms with Crippen molar-refractivity contribution in [3.63, 3.8) is 0 Å². The summed E-state index contributed by atoms with van der Waals surface area (Å²) >= 11 is 0. The Morgan fingerprint density at radius 2 is 1.62 bits per heavy atom. The summed E-state index contributed by atoms with van der Waals surface area (Å²) in [4.78, 5) is 45.7. The molecule has 2 unspecified atom stereocenters. The molecule has 0 rings (SSSR count). The van der Waals surface area contributed by atoms with Gasteiger partial charge in [0.05, 0.1) is 6.10 Å². The van der Waals surface area contributed by atoms with Gasteiger partial charge in [0.15, 0.2) is 0 Å². The van der Waals surface area contributed by atoms with E-state index in [9.17, 15) is 24.3 Å². The monoisotopic (exact) mass is 346 g/mol. The molecule has 0 fully saturated rings. The first-order valence-corrected chi connectivity index (χ1v) is 7.84. The number of carbonyl (C=O) groups is 4. The van der Waals surface area contributed by atoms with Crippen LogP contribution < -0.4 is 5.32 Å². The van der Waals surface area contributed by atoms with Crippen molar-refractivity contribution in [2.24, 2.45) is 5.92 Å². The third-order valence-electron chi connectivity index (χ3n) is 3.34. The zero-order valence-electron chi connectivity index (χ0n) is 14.0. The molecule has 0 aromatic heterocycles. The van der Waals surface area contributed by atoms with E-state index in [0.29, 0.717) is 17.7 Å². The minimum Gasteiger partial charge on any atom is -0.480 e. The number of aliphatic carboxylic acids is 2. The van der Waals surface area contributed by atoms with E-state index in [-0.39, 0.29) is 18.9 Å². The van der Waals surface area contributed by atoms with Crippen LogP contribution in [-0.4, -0.2) is 69.7 Å². The molecule has 0 aliphatic heterocycles. The molecule has 9 heteroatoms. The average Bonchev–Trinajstić information content (AvgIpc) is 2.45. The maximum Gasteiger partial charge on any atom is 0.323 e. The molecule has 0 radical (unpaired) electrons. The lowest BCUT2D eigenvalue weighted by Crippen LogP contribution is -2.41. The molecule has 0 aliphatic carbocycles. The second kappa shape index (κ2) is 11.4. The minimum atomic E-state index is -1.31. The minimum absolute atomic E-state index is 0.0262. The van der Waals surface area contributed by atoms with Gasteiger partial charge in [0.25, 0.3) is 0 Å². The fourth-order valence-electron chi connectivity index (χ4n) is 2.15. The number of rotatable bonds is 12. The van der Waals surface area contributed by atoms with Crippen LogP contribution in [0.15, 0.2) is 0 Å². The molecule has 0 aromatic rings. The SMILES string of the molecule is CCCC(O)CC(C)C(=O)NCCC(=O)N(CC(=O)O)CC(=O)O. The molecule has 138 valence electrons. The molecule has 24 heavy (non-hydrogen) atoms. The van der Waals surface area contributed by atoms with Crippen molar-refractivity contribution < 1.29 is 34.5 Å². The molecule has 9 nitrogen and oxygen atoms in total. The number of carboxylic acid groups (broad SMARTS) is 2. The van der Waals surface area contributed by atoms with E-state index in [4.69, 9.17) is 10.2 Å². The Bertz CT molecular complexity index is 437. The van der Waals surface area contributed by atoms with Gasteiger partial charge in [-0.2, -0.15) is 0 Å². The maximum absolute atomic E-state index is 11.9. The number of nitrogens with one attached hydrogen (secondary N) is 1. The Morgan fingerprint density at radius 1 is 1.08 bits per heavy atom. The van der Waals surface area contributed by atoms with Crippen molar-refractivity contribution in [3.8, 4) is 0 Å². The number of nitrogens with zero attached hydrogens (tertiary/aromatic N) is 1. The predicted molar refractivity (Wildman–Crippen MR) is 84.2 cm³/mol. The van der Waals surface area contributed by atoms with Gasteiger partial charge >= 0.3 is 11.9 Å². The normalized spacial score (nSPS) is 13.0. The summed E-state index contributed by atoms with van der Waals surface area (Å²) in [5, 5.41) is 29.6. The first kappa shape index (κ1) is 21.8. The standard InChI is InChI=1S/C15H26N2O7/c1-3-4-11(18)7-10(2)15(24)16-6-5-12(19)17(8-13(20)21)9-14(22)23/h10-11,18H,3-9H2,1-2H3,(H,16,24)(H,20,21)(H,22,23). The summed E-state index contributed by atoms with van der Waals surface area (Å²) in [6, 6.07) is 0. The van der Waals surface area contributed by atoms with Crippen LogP contribution in [0.4, 0.5) is 0 Å². The van der Waals surface area contributed by atoms with Gasteiger partial charge in [-0.3, -0.25) is 19.2 Å². The van der Waals surface area contributed by atoms with Gasteiger partial charge in [-0.05, 0) is 12.8 Å². The smallest absolute Gasteiger partial charge is 0.323 e. The summed E-state index contributed by atoms with van der Waals surface area (Å²) in [6.45, 7) is 2.15. The molecule has 2 amide bonds. The molecule has 0 spiro atoms. The number of amides is 2. The van der Waals surface area contributed by atoms with Gasteiger partial charge in [-0.15, -0.1) is 0 Å². The van der Waals surface area contributed by atoms with Crippen molar-refractivity contribution in [2.45, 2.75) is 45.6 Å². The fourth-order valence-corrected chi connectivity index (χ4v) is 2.15. The maximum atomic E-state index is 11.9. The molecule has 4 N–H and O–H groups in total. The summed E-state index contributed by atoms with van der Waals surface area (Å²) in [5.74, 6) is -4.03. The number of hydrogen-bond donors (Lipinski definition) is 4. The van der Waals surface area contributed by atoms with E-state index in [2.05, 4.69) is 5.32 Å². The number of hydrogen-bond acceptors (Lipinski definition) is 5. The highest BCUT2D eigenvalue weighted by molar-refractivity contribution is 5.85. The summed E-state index contributed by atoms with van der Waals surface area (Å²) in [6.07, 6.45) is 0.982. The van der Waals surface area contributed by atoms with E-state index in [1.54, 1.807) is 6.92 Å².